The normalized spacial score (nSPS) is 14.9. The Labute approximate surface area is 238 Å². The summed E-state index contributed by atoms with van der Waals surface area (Å²) < 4.78 is 26.1. The van der Waals surface area contributed by atoms with Crippen LogP contribution in [0.3, 0.4) is 0 Å². The van der Waals surface area contributed by atoms with E-state index in [1.807, 2.05) is 0 Å². The Bertz CT molecular complexity index is 735. The molecule has 0 fully saturated rings. The van der Waals surface area contributed by atoms with Crippen molar-refractivity contribution in [3.05, 3.63) is 11.1 Å². The zero-order valence-corrected chi connectivity index (χ0v) is 32.6. The summed E-state index contributed by atoms with van der Waals surface area (Å²) in [6, 6.07) is 1.26. The van der Waals surface area contributed by atoms with Crippen molar-refractivity contribution in [1.82, 2.24) is 0 Å². The minimum Gasteiger partial charge on any atom is -0.478 e. The first kappa shape index (κ1) is 37.8. The van der Waals surface area contributed by atoms with E-state index in [4.69, 9.17) is 16.5 Å². The van der Waals surface area contributed by atoms with Gasteiger partial charge in [-0.1, -0.05) is 0 Å². The fraction of sp³-hybridized carbons (Fsp3) is 0.833. The van der Waals surface area contributed by atoms with Gasteiger partial charge in [0.15, 0.2) is 33.3 Å². The molecule has 0 unspecified atom stereocenters. The van der Waals surface area contributed by atoms with E-state index in [9.17, 15) is 19.8 Å². The quantitative estimate of drug-likeness (QED) is 0.117. The number of hydrogen-bond donors (Lipinski definition) is 2. The number of aliphatic carboxylic acids is 2. The van der Waals surface area contributed by atoms with E-state index in [-0.39, 0.29) is 24.0 Å². The van der Waals surface area contributed by atoms with Crippen LogP contribution in [0.5, 0.6) is 0 Å². The topological polar surface area (TPSA) is 112 Å². The largest absolute Gasteiger partial charge is 0.478 e. The number of hydrogen-bond acceptors (Lipinski definition) is 6. The van der Waals surface area contributed by atoms with E-state index in [1.54, 1.807) is 0 Å². The summed E-state index contributed by atoms with van der Waals surface area (Å²) in [5.41, 5.74) is -0.0362. The van der Waals surface area contributed by atoms with E-state index in [1.165, 1.54) is 0 Å². The van der Waals surface area contributed by atoms with Crippen molar-refractivity contribution in [3.8, 4) is 0 Å². The summed E-state index contributed by atoms with van der Waals surface area (Å²) in [5, 5.41) is 19.9. The van der Waals surface area contributed by atoms with E-state index < -0.39 is 62.3 Å². The van der Waals surface area contributed by atoms with Gasteiger partial charge in [0, 0.05) is 11.1 Å². The summed E-state index contributed by atoms with van der Waals surface area (Å²) in [4.78, 5) is 24.4. The molecule has 0 aliphatic rings. The summed E-state index contributed by atoms with van der Waals surface area (Å²) in [7, 11) is -12.6. The number of carbonyl (C=O) groups is 2. The Kier molecular flexibility index (Phi) is 14.1. The highest BCUT2D eigenvalue weighted by Gasteiger charge is 2.41. The minimum atomic E-state index is -2.54. The molecule has 38 heavy (non-hydrogen) atoms. The Morgan fingerprint density at radius 1 is 0.474 bits per heavy atom. The summed E-state index contributed by atoms with van der Waals surface area (Å²) in [6.07, 6.45) is 1.38. The van der Waals surface area contributed by atoms with E-state index in [0.717, 1.165) is 0 Å². The first-order valence-electron chi connectivity index (χ1n) is 13.7. The molecule has 14 heteroatoms. The Hall–Kier alpha value is -0.179. The molecule has 8 nitrogen and oxygen atoms in total. The first-order chi connectivity index (χ1) is 16.7. The third-order valence-electron chi connectivity index (χ3n) is 5.08. The van der Waals surface area contributed by atoms with Gasteiger partial charge in [-0.25, -0.2) is 9.59 Å². The van der Waals surface area contributed by atoms with Crippen LogP contribution in [0.4, 0.5) is 0 Å². The van der Waals surface area contributed by atoms with E-state index in [0.29, 0.717) is 24.9 Å². The molecule has 224 valence electrons. The van der Waals surface area contributed by atoms with Gasteiger partial charge in [0.25, 0.3) is 0 Å². The highest BCUT2D eigenvalue weighted by molar-refractivity contribution is 6.88. The smallest absolute Gasteiger partial charge is 0.332 e. The van der Waals surface area contributed by atoms with Crippen LogP contribution in [0.2, 0.25) is 104 Å². The molecular formula is C24H56O8Si6. The van der Waals surface area contributed by atoms with Crippen LogP contribution in [0.1, 0.15) is 25.7 Å². The van der Waals surface area contributed by atoms with E-state index >= 15 is 0 Å². The van der Waals surface area contributed by atoms with Gasteiger partial charge in [-0.3, -0.25) is 0 Å². The van der Waals surface area contributed by atoms with Gasteiger partial charge < -0.3 is 26.7 Å². The molecule has 0 rings (SSSR count). The number of carboxylic acid groups (broad SMARTS) is 2. The second-order valence-electron chi connectivity index (χ2n) is 14.4. The zero-order chi connectivity index (χ0) is 30.4. The molecule has 0 aromatic carbocycles. The lowest BCUT2D eigenvalue weighted by atomic mass is 10.00. The van der Waals surface area contributed by atoms with Crippen molar-refractivity contribution in [2.45, 2.75) is 129 Å². The highest BCUT2D eigenvalue weighted by Crippen LogP contribution is 2.30. The third kappa shape index (κ3) is 17.5. The van der Waals surface area contributed by atoms with Gasteiger partial charge in [-0.05, 0) is 129 Å². The molecule has 0 aromatic heterocycles. The van der Waals surface area contributed by atoms with Crippen molar-refractivity contribution >= 4 is 62.3 Å². The van der Waals surface area contributed by atoms with Gasteiger partial charge in [0.05, 0.1) is 0 Å². The van der Waals surface area contributed by atoms with Crippen LogP contribution in [0, 0.1) is 0 Å². The average Bonchev–Trinajstić information content (AvgIpc) is 2.55. The molecule has 0 aromatic rings. The molecule has 0 amide bonds. The monoisotopic (exact) mass is 640 g/mol. The molecule has 0 bridgehead atoms. The first-order valence-corrected chi connectivity index (χ1v) is 32.3. The number of carboxylic acids is 2. The lowest BCUT2D eigenvalue weighted by molar-refractivity contribution is -0.136. The minimum absolute atomic E-state index is 0.0181. The van der Waals surface area contributed by atoms with Crippen molar-refractivity contribution in [1.29, 1.82) is 0 Å². The fourth-order valence-electron chi connectivity index (χ4n) is 4.78. The van der Waals surface area contributed by atoms with Crippen LogP contribution >= 0.6 is 0 Å². The number of rotatable bonds is 18. The van der Waals surface area contributed by atoms with Crippen molar-refractivity contribution in [2.24, 2.45) is 0 Å². The van der Waals surface area contributed by atoms with Gasteiger partial charge >= 0.3 is 29.1 Å². The summed E-state index contributed by atoms with van der Waals surface area (Å²) in [5.74, 6) is -2.33. The molecule has 0 radical (unpaired) electrons. The Balaban J connectivity index is 5.79. The summed E-state index contributed by atoms with van der Waals surface area (Å²) in [6.45, 7) is 29.7. The van der Waals surface area contributed by atoms with Crippen molar-refractivity contribution in [3.63, 3.8) is 0 Å². The standard InChI is InChI=1S/C24H56O8Si6/c1-33(2,3)29-37(13,30-34(4,5)6)19-15-17-21(23(25)26)22(24(27)28)18-16-20-38(14,31-35(7,8)9)32-36(10,11)12/h15-20H2,1-14H3,(H,25,26)(H,27,28). The molecule has 0 saturated heterocycles. The molecule has 0 atom stereocenters. The Morgan fingerprint density at radius 2 is 0.684 bits per heavy atom. The molecule has 0 spiro atoms. The van der Waals surface area contributed by atoms with Gasteiger partial charge in [-0.2, -0.15) is 0 Å². The lowest BCUT2D eigenvalue weighted by Crippen LogP contribution is -2.52. The molecule has 0 aliphatic carbocycles. The maximum absolute atomic E-state index is 12.2. The second kappa shape index (κ2) is 14.1. The molecule has 0 aliphatic heterocycles. The predicted octanol–water partition coefficient (Wildman–Crippen LogP) is 7.56. The Morgan fingerprint density at radius 3 is 0.842 bits per heavy atom. The fourth-order valence-corrected chi connectivity index (χ4v) is 29.9. The highest BCUT2D eigenvalue weighted by atomic mass is 28.5. The lowest BCUT2D eigenvalue weighted by Gasteiger charge is -2.38. The molecule has 0 heterocycles. The van der Waals surface area contributed by atoms with Gasteiger partial charge in [0.1, 0.15) is 0 Å². The molecule has 0 saturated carbocycles. The van der Waals surface area contributed by atoms with Crippen LogP contribution in [0.25, 0.3) is 0 Å². The summed E-state index contributed by atoms with van der Waals surface area (Å²) >= 11 is 0. The van der Waals surface area contributed by atoms with Crippen LogP contribution in [-0.2, 0) is 26.0 Å². The van der Waals surface area contributed by atoms with Crippen molar-refractivity contribution in [2.75, 3.05) is 0 Å². The van der Waals surface area contributed by atoms with Gasteiger partial charge in [0.2, 0.25) is 0 Å². The van der Waals surface area contributed by atoms with Crippen LogP contribution < -0.4 is 0 Å². The molecule has 2 N–H and O–H groups in total. The molecular weight excluding hydrogens is 585 g/mol. The van der Waals surface area contributed by atoms with Crippen LogP contribution in [-0.4, -0.2) is 72.5 Å². The third-order valence-corrected chi connectivity index (χ3v) is 24.3. The van der Waals surface area contributed by atoms with Gasteiger partial charge in [-0.15, -0.1) is 0 Å². The predicted molar refractivity (Wildman–Crippen MR) is 171 cm³/mol. The average molecular weight is 641 g/mol. The SMILES string of the molecule is C[Si](C)(C)O[Si](C)(CCCC(C(=O)O)=C(CCC[Si](C)(O[Si](C)(C)C)O[Si](C)(C)C)C(=O)O)O[Si](C)(C)C. The maximum atomic E-state index is 12.2. The van der Waals surface area contributed by atoms with E-state index in [2.05, 4.69) is 91.7 Å². The maximum Gasteiger partial charge on any atom is 0.332 e. The van der Waals surface area contributed by atoms with Crippen molar-refractivity contribution < 1.29 is 36.3 Å². The van der Waals surface area contributed by atoms with Crippen LogP contribution in [0.15, 0.2) is 11.1 Å². The zero-order valence-electron chi connectivity index (χ0n) is 26.6. The second-order valence-corrected chi connectivity index (χ2v) is 40.1.